The average molecular weight is 292 g/mol. The zero-order valence-corrected chi connectivity index (χ0v) is 10.7. The van der Waals surface area contributed by atoms with Gasteiger partial charge in [0.05, 0.1) is 11.0 Å². The fraction of sp³-hybridized carbons (Fsp3) is 0.0769. The predicted molar refractivity (Wildman–Crippen MR) is 69.1 cm³/mol. The van der Waals surface area contributed by atoms with Gasteiger partial charge in [-0.25, -0.2) is 14.2 Å². The van der Waals surface area contributed by atoms with E-state index < -0.39 is 16.7 Å². The van der Waals surface area contributed by atoms with Crippen molar-refractivity contribution in [2.24, 2.45) is 0 Å². The van der Waals surface area contributed by atoms with Crippen molar-refractivity contribution in [2.75, 3.05) is 0 Å². The van der Waals surface area contributed by atoms with Gasteiger partial charge >= 0.3 is 5.97 Å². The Balaban J connectivity index is 2.36. The van der Waals surface area contributed by atoms with E-state index in [1.165, 1.54) is 25.1 Å². The molecule has 8 heteroatoms. The first-order valence-electron chi connectivity index (χ1n) is 5.71. The van der Waals surface area contributed by atoms with E-state index in [1.807, 2.05) is 0 Å². The van der Waals surface area contributed by atoms with E-state index in [4.69, 9.17) is 9.84 Å². The van der Waals surface area contributed by atoms with Crippen LogP contribution in [0.2, 0.25) is 0 Å². The first-order valence-corrected chi connectivity index (χ1v) is 5.71. The Hall–Kier alpha value is -3.03. The van der Waals surface area contributed by atoms with Gasteiger partial charge in [-0.3, -0.25) is 10.1 Å². The molecule has 7 nitrogen and oxygen atoms in total. The molecular formula is C13H9FN2O5. The van der Waals surface area contributed by atoms with Gasteiger partial charge in [-0.05, 0) is 19.1 Å². The summed E-state index contributed by atoms with van der Waals surface area (Å²) in [5, 5.41) is 19.5. The molecule has 1 aromatic carbocycles. The number of aromatic nitrogens is 1. The van der Waals surface area contributed by atoms with E-state index in [0.717, 1.165) is 12.1 Å². The van der Waals surface area contributed by atoms with E-state index >= 15 is 0 Å². The number of nitro benzene ring substituents is 1. The fourth-order valence-corrected chi connectivity index (χ4v) is 1.62. The monoisotopic (exact) mass is 292 g/mol. The van der Waals surface area contributed by atoms with Crippen molar-refractivity contribution >= 4 is 11.7 Å². The summed E-state index contributed by atoms with van der Waals surface area (Å²) < 4.78 is 18.9. The minimum absolute atomic E-state index is 0.123. The van der Waals surface area contributed by atoms with Crippen molar-refractivity contribution in [2.45, 2.75) is 6.92 Å². The van der Waals surface area contributed by atoms with E-state index in [0.29, 0.717) is 0 Å². The molecular weight excluding hydrogens is 283 g/mol. The van der Waals surface area contributed by atoms with Gasteiger partial charge in [0.2, 0.25) is 5.88 Å². The van der Waals surface area contributed by atoms with Crippen molar-refractivity contribution in [1.29, 1.82) is 0 Å². The van der Waals surface area contributed by atoms with Crippen LogP contribution in [0.4, 0.5) is 10.1 Å². The lowest BCUT2D eigenvalue weighted by molar-refractivity contribution is -0.385. The minimum atomic E-state index is -1.25. The summed E-state index contributed by atoms with van der Waals surface area (Å²) in [5.74, 6) is -2.58. The molecule has 1 N–H and O–H groups in total. The normalized spacial score (nSPS) is 10.2. The molecule has 0 unspecified atom stereocenters. The average Bonchev–Trinajstić information content (AvgIpc) is 2.42. The highest BCUT2D eigenvalue weighted by molar-refractivity contribution is 5.85. The van der Waals surface area contributed by atoms with E-state index in [1.54, 1.807) is 0 Å². The van der Waals surface area contributed by atoms with Crippen molar-refractivity contribution < 1.29 is 24.0 Å². The van der Waals surface area contributed by atoms with Crippen molar-refractivity contribution in [3.05, 3.63) is 57.5 Å². The minimum Gasteiger partial charge on any atom is -0.477 e. The highest BCUT2D eigenvalue weighted by Crippen LogP contribution is 2.29. The third-order valence-corrected chi connectivity index (χ3v) is 2.60. The van der Waals surface area contributed by atoms with Crippen LogP contribution in [0.5, 0.6) is 11.6 Å². The van der Waals surface area contributed by atoms with Gasteiger partial charge in [0.25, 0.3) is 5.69 Å². The molecule has 0 spiro atoms. The molecule has 0 aliphatic heterocycles. The Morgan fingerprint density at radius 1 is 1.43 bits per heavy atom. The van der Waals surface area contributed by atoms with Gasteiger partial charge in [-0.2, -0.15) is 0 Å². The van der Waals surface area contributed by atoms with E-state index in [2.05, 4.69) is 4.98 Å². The summed E-state index contributed by atoms with van der Waals surface area (Å²) in [4.78, 5) is 24.4. The number of nitrogens with zero attached hydrogens (tertiary/aromatic N) is 2. The second-order valence-electron chi connectivity index (χ2n) is 4.09. The molecule has 1 aromatic heterocycles. The summed E-state index contributed by atoms with van der Waals surface area (Å²) in [6.45, 7) is 1.44. The van der Waals surface area contributed by atoms with Gasteiger partial charge in [0, 0.05) is 11.6 Å². The number of pyridine rings is 1. The number of aromatic carboxylic acids is 1. The molecule has 0 aliphatic carbocycles. The molecule has 1 heterocycles. The zero-order valence-electron chi connectivity index (χ0n) is 10.7. The molecule has 0 bridgehead atoms. The van der Waals surface area contributed by atoms with Crippen LogP contribution in [0.15, 0.2) is 30.3 Å². The molecule has 0 radical (unpaired) electrons. The smallest absolute Gasteiger partial charge is 0.354 e. The highest BCUT2D eigenvalue weighted by atomic mass is 19.1. The molecule has 0 atom stereocenters. The topological polar surface area (TPSA) is 103 Å². The largest absolute Gasteiger partial charge is 0.477 e. The first-order chi connectivity index (χ1) is 9.88. The van der Waals surface area contributed by atoms with Crippen LogP contribution in [-0.2, 0) is 0 Å². The maximum atomic E-state index is 13.8. The number of rotatable bonds is 4. The van der Waals surface area contributed by atoms with Crippen molar-refractivity contribution in [3.63, 3.8) is 0 Å². The number of hydrogen-bond donors (Lipinski definition) is 1. The SMILES string of the molecule is Cc1cc(Oc2cccc(C(=O)O)n2)c(F)cc1[N+](=O)[O-]. The molecule has 0 aliphatic rings. The van der Waals surface area contributed by atoms with E-state index in [-0.39, 0.29) is 28.6 Å². The second-order valence-corrected chi connectivity index (χ2v) is 4.09. The number of ether oxygens (including phenoxy) is 1. The number of aryl methyl sites for hydroxylation is 1. The number of hydrogen-bond acceptors (Lipinski definition) is 5. The summed E-state index contributed by atoms with van der Waals surface area (Å²) >= 11 is 0. The molecule has 108 valence electrons. The lowest BCUT2D eigenvalue weighted by Crippen LogP contribution is -2.01. The predicted octanol–water partition coefficient (Wildman–Crippen LogP) is 2.93. The van der Waals surface area contributed by atoms with Crippen LogP contribution in [0.25, 0.3) is 0 Å². The van der Waals surface area contributed by atoms with Gasteiger partial charge in [0.15, 0.2) is 17.3 Å². The Labute approximate surface area is 117 Å². The number of nitro groups is 1. The molecule has 2 rings (SSSR count). The van der Waals surface area contributed by atoms with E-state index in [9.17, 15) is 19.3 Å². The zero-order chi connectivity index (χ0) is 15.6. The third-order valence-electron chi connectivity index (χ3n) is 2.60. The van der Waals surface area contributed by atoms with Crippen LogP contribution in [0, 0.1) is 22.9 Å². The van der Waals surface area contributed by atoms with Crippen molar-refractivity contribution in [1.82, 2.24) is 4.98 Å². The van der Waals surface area contributed by atoms with Crippen molar-refractivity contribution in [3.8, 4) is 11.6 Å². The molecule has 0 saturated carbocycles. The Morgan fingerprint density at radius 3 is 2.76 bits per heavy atom. The maximum Gasteiger partial charge on any atom is 0.354 e. The molecule has 2 aromatic rings. The lowest BCUT2D eigenvalue weighted by Gasteiger charge is -2.07. The summed E-state index contributed by atoms with van der Waals surface area (Å²) in [5.41, 5.74) is -0.413. The molecule has 0 fully saturated rings. The van der Waals surface area contributed by atoms with Gasteiger partial charge in [-0.15, -0.1) is 0 Å². The van der Waals surface area contributed by atoms with Crippen LogP contribution >= 0.6 is 0 Å². The number of carbonyl (C=O) groups is 1. The Morgan fingerprint density at radius 2 is 2.14 bits per heavy atom. The summed E-state index contributed by atoms with van der Waals surface area (Å²) in [6.07, 6.45) is 0. The quantitative estimate of drug-likeness (QED) is 0.686. The first kappa shape index (κ1) is 14.4. The maximum absolute atomic E-state index is 13.8. The second kappa shape index (κ2) is 5.53. The number of carboxylic acid groups (broad SMARTS) is 1. The molecule has 21 heavy (non-hydrogen) atoms. The molecule has 0 amide bonds. The van der Waals surface area contributed by atoms with Gasteiger partial charge in [-0.1, -0.05) is 6.07 Å². The standard InChI is InChI=1S/C13H9FN2O5/c1-7-5-11(8(14)6-10(7)16(19)20)21-12-4-2-3-9(15-12)13(17)18/h2-6H,1H3,(H,17,18). The van der Waals surface area contributed by atoms with Crippen LogP contribution in [0.1, 0.15) is 16.1 Å². The van der Waals surface area contributed by atoms with Crippen LogP contribution < -0.4 is 4.74 Å². The Kier molecular flexibility index (Phi) is 3.79. The highest BCUT2D eigenvalue weighted by Gasteiger charge is 2.17. The Bertz CT molecular complexity index is 732. The van der Waals surface area contributed by atoms with Gasteiger partial charge < -0.3 is 9.84 Å². The summed E-state index contributed by atoms with van der Waals surface area (Å²) in [6, 6.07) is 5.89. The number of carboxylic acids is 1. The fourth-order valence-electron chi connectivity index (χ4n) is 1.62. The number of benzene rings is 1. The van der Waals surface area contributed by atoms with Crippen LogP contribution in [-0.4, -0.2) is 21.0 Å². The number of halogens is 1. The van der Waals surface area contributed by atoms with Crippen LogP contribution in [0.3, 0.4) is 0 Å². The summed E-state index contributed by atoms with van der Waals surface area (Å²) in [7, 11) is 0. The lowest BCUT2D eigenvalue weighted by atomic mass is 10.2. The van der Waals surface area contributed by atoms with Gasteiger partial charge in [0.1, 0.15) is 0 Å². The third kappa shape index (κ3) is 3.11. The molecule has 0 saturated heterocycles.